The van der Waals surface area contributed by atoms with Crippen molar-refractivity contribution in [3.8, 4) is 0 Å². The van der Waals surface area contributed by atoms with E-state index in [0.717, 1.165) is 6.07 Å². The minimum atomic E-state index is -4.37. The normalized spacial score (nSPS) is 11.6. The van der Waals surface area contributed by atoms with Crippen LogP contribution in [0.5, 0.6) is 0 Å². The molecule has 0 radical (unpaired) electrons. The summed E-state index contributed by atoms with van der Waals surface area (Å²) >= 11 is 0. The van der Waals surface area contributed by atoms with Crippen LogP contribution in [0.4, 0.5) is 24.8 Å². The number of imidazole rings is 1. The minimum Gasteiger partial charge on any atom is -0.382 e. The molecule has 19 heavy (non-hydrogen) atoms. The summed E-state index contributed by atoms with van der Waals surface area (Å²) in [7, 11) is 0. The number of aryl methyl sites for hydroxylation is 1. The number of hydrogen-bond acceptors (Lipinski definition) is 3. The van der Waals surface area contributed by atoms with Crippen molar-refractivity contribution in [2.45, 2.75) is 19.6 Å². The van der Waals surface area contributed by atoms with Gasteiger partial charge in [0, 0.05) is 6.54 Å². The molecule has 1 aromatic heterocycles. The van der Waals surface area contributed by atoms with Gasteiger partial charge in [-0.05, 0) is 18.6 Å². The zero-order chi connectivity index (χ0) is 14.0. The molecule has 0 spiro atoms. The maximum atomic E-state index is 12.8. The fraction of sp³-hybridized carbons (Fsp3) is 0.250. The molecular formula is C12H13F3N4. The number of anilines is 2. The van der Waals surface area contributed by atoms with Crippen LogP contribution < -0.4 is 11.1 Å². The number of alkyl halides is 3. The van der Waals surface area contributed by atoms with Crippen LogP contribution in [0, 0.1) is 6.92 Å². The zero-order valence-electron chi connectivity index (χ0n) is 10.2. The van der Waals surface area contributed by atoms with E-state index in [1.165, 1.54) is 12.1 Å². The van der Waals surface area contributed by atoms with Gasteiger partial charge in [-0.3, -0.25) is 0 Å². The number of aromatic amines is 1. The summed E-state index contributed by atoms with van der Waals surface area (Å²) in [5, 5.41) is 2.80. The number of H-pyrrole nitrogens is 1. The van der Waals surface area contributed by atoms with Crippen molar-refractivity contribution >= 4 is 11.6 Å². The molecular weight excluding hydrogens is 257 g/mol. The summed E-state index contributed by atoms with van der Waals surface area (Å²) in [6.45, 7) is 1.72. The summed E-state index contributed by atoms with van der Waals surface area (Å²) in [6.07, 6.45) is -4.37. The van der Waals surface area contributed by atoms with E-state index in [1.807, 2.05) is 0 Å². The molecule has 0 atom stereocenters. The Morgan fingerprint density at radius 3 is 2.58 bits per heavy atom. The maximum Gasteiger partial charge on any atom is 0.416 e. The van der Waals surface area contributed by atoms with Gasteiger partial charge in [-0.25, -0.2) is 4.98 Å². The van der Waals surface area contributed by atoms with Crippen LogP contribution in [0.15, 0.2) is 24.3 Å². The Hall–Kier alpha value is -2.18. The zero-order valence-corrected chi connectivity index (χ0v) is 10.2. The van der Waals surface area contributed by atoms with Crippen LogP contribution >= 0.6 is 0 Å². The average molecular weight is 270 g/mol. The van der Waals surface area contributed by atoms with Gasteiger partial charge in [0.05, 0.1) is 5.56 Å². The van der Waals surface area contributed by atoms with Gasteiger partial charge < -0.3 is 16.0 Å². The van der Waals surface area contributed by atoms with Crippen LogP contribution in [0.2, 0.25) is 0 Å². The summed E-state index contributed by atoms with van der Waals surface area (Å²) in [5.74, 6) is 1.26. The summed E-state index contributed by atoms with van der Waals surface area (Å²) in [6, 6.07) is 5.40. The second-order valence-corrected chi connectivity index (χ2v) is 4.09. The van der Waals surface area contributed by atoms with Gasteiger partial charge in [-0.2, -0.15) is 13.2 Å². The highest BCUT2D eigenvalue weighted by Crippen LogP contribution is 2.32. The largest absolute Gasteiger partial charge is 0.416 e. The molecule has 0 saturated carbocycles. The van der Waals surface area contributed by atoms with Crippen LogP contribution in [0.3, 0.4) is 0 Å². The van der Waals surface area contributed by atoms with Gasteiger partial charge in [-0.15, -0.1) is 0 Å². The van der Waals surface area contributed by atoms with Gasteiger partial charge in [-0.1, -0.05) is 18.2 Å². The second-order valence-electron chi connectivity index (χ2n) is 4.09. The Kier molecular flexibility index (Phi) is 3.37. The summed E-state index contributed by atoms with van der Waals surface area (Å²) < 4.78 is 38.3. The molecule has 1 heterocycles. The van der Waals surface area contributed by atoms with Crippen molar-refractivity contribution in [2.24, 2.45) is 0 Å². The molecule has 0 aliphatic rings. The predicted octanol–water partition coefficient (Wildman–Crippen LogP) is 2.93. The summed E-state index contributed by atoms with van der Waals surface area (Å²) in [4.78, 5) is 6.81. The van der Waals surface area contributed by atoms with Crippen LogP contribution in [-0.4, -0.2) is 9.97 Å². The lowest BCUT2D eigenvalue weighted by molar-refractivity contribution is -0.138. The van der Waals surface area contributed by atoms with Crippen molar-refractivity contribution in [3.05, 3.63) is 41.2 Å². The van der Waals surface area contributed by atoms with E-state index in [0.29, 0.717) is 17.5 Å². The first-order chi connectivity index (χ1) is 8.88. The first kappa shape index (κ1) is 13.3. The van der Waals surface area contributed by atoms with Gasteiger partial charge in [0.25, 0.3) is 0 Å². The molecule has 0 aliphatic carbocycles. The molecule has 0 saturated heterocycles. The van der Waals surface area contributed by atoms with Crippen molar-refractivity contribution in [1.82, 2.24) is 9.97 Å². The Bertz CT molecular complexity index is 575. The Labute approximate surface area is 107 Å². The lowest BCUT2D eigenvalue weighted by Gasteiger charge is -2.13. The Morgan fingerprint density at radius 1 is 1.32 bits per heavy atom. The number of aromatic nitrogens is 2. The molecule has 2 rings (SSSR count). The van der Waals surface area contributed by atoms with E-state index in [1.54, 1.807) is 13.0 Å². The van der Waals surface area contributed by atoms with Crippen molar-refractivity contribution < 1.29 is 13.2 Å². The third kappa shape index (κ3) is 2.98. The Balaban J connectivity index is 2.18. The number of nitrogens with zero attached hydrogens (tertiary/aromatic N) is 1. The maximum absolute atomic E-state index is 12.8. The molecule has 102 valence electrons. The number of nitrogens with two attached hydrogens (primary N) is 1. The number of rotatable bonds is 3. The number of halogens is 3. The number of nitrogens with one attached hydrogen (secondary N) is 2. The Morgan fingerprint density at radius 2 is 2.00 bits per heavy atom. The van der Waals surface area contributed by atoms with Gasteiger partial charge in [0.1, 0.15) is 11.6 Å². The molecule has 0 bridgehead atoms. The first-order valence-electron chi connectivity index (χ1n) is 5.59. The van der Waals surface area contributed by atoms with Crippen molar-refractivity contribution in [2.75, 3.05) is 11.1 Å². The number of benzene rings is 1. The van der Waals surface area contributed by atoms with Crippen molar-refractivity contribution in [1.29, 1.82) is 0 Å². The molecule has 0 amide bonds. The predicted molar refractivity (Wildman–Crippen MR) is 66.5 cm³/mol. The molecule has 4 N–H and O–H groups in total. The number of hydrogen-bond donors (Lipinski definition) is 3. The quantitative estimate of drug-likeness (QED) is 0.803. The van der Waals surface area contributed by atoms with E-state index in [2.05, 4.69) is 15.3 Å². The monoisotopic (exact) mass is 270 g/mol. The highest BCUT2D eigenvalue weighted by Gasteiger charge is 2.32. The molecule has 1 aromatic carbocycles. The molecule has 7 heteroatoms. The van der Waals surface area contributed by atoms with Gasteiger partial charge in [0.15, 0.2) is 5.82 Å². The lowest BCUT2D eigenvalue weighted by Crippen LogP contribution is -2.12. The molecule has 0 fully saturated rings. The summed E-state index contributed by atoms with van der Waals surface area (Å²) in [5.41, 5.74) is 5.12. The van der Waals surface area contributed by atoms with E-state index in [-0.39, 0.29) is 12.1 Å². The van der Waals surface area contributed by atoms with Crippen molar-refractivity contribution in [3.63, 3.8) is 0 Å². The highest BCUT2D eigenvalue weighted by molar-refractivity contribution is 5.57. The SMILES string of the molecule is Cc1nc(NCc2ccccc2C(F)(F)F)c(N)[nH]1. The fourth-order valence-electron chi connectivity index (χ4n) is 1.77. The van der Waals surface area contributed by atoms with Gasteiger partial charge in [0.2, 0.25) is 0 Å². The molecule has 0 unspecified atom stereocenters. The van der Waals surface area contributed by atoms with E-state index >= 15 is 0 Å². The second kappa shape index (κ2) is 4.83. The van der Waals surface area contributed by atoms with E-state index < -0.39 is 11.7 Å². The smallest absolute Gasteiger partial charge is 0.382 e. The first-order valence-corrected chi connectivity index (χ1v) is 5.59. The molecule has 0 aliphatic heterocycles. The fourth-order valence-corrected chi connectivity index (χ4v) is 1.77. The van der Waals surface area contributed by atoms with Crippen LogP contribution in [-0.2, 0) is 12.7 Å². The topological polar surface area (TPSA) is 66.7 Å². The standard InChI is InChI=1S/C12H13F3N4/c1-7-18-10(16)11(19-7)17-6-8-4-2-3-5-9(8)12(13,14)15/h2-5,17H,6,16H2,1H3,(H,18,19). The van der Waals surface area contributed by atoms with E-state index in [4.69, 9.17) is 5.73 Å². The van der Waals surface area contributed by atoms with Gasteiger partial charge >= 0.3 is 6.18 Å². The highest BCUT2D eigenvalue weighted by atomic mass is 19.4. The van der Waals surface area contributed by atoms with Crippen LogP contribution in [0.25, 0.3) is 0 Å². The van der Waals surface area contributed by atoms with E-state index in [9.17, 15) is 13.2 Å². The molecule has 4 nitrogen and oxygen atoms in total. The third-order valence-corrected chi connectivity index (χ3v) is 2.62. The average Bonchev–Trinajstić information content (AvgIpc) is 2.64. The van der Waals surface area contributed by atoms with Crippen LogP contribution in [0.1, 0.15) is 17.0 Å². The number of nitrogen functional groups attached to an aromatic ring is 1. The minimum absolute atomic E-state index is 0.00414. The lowest BCUT2D eigenvalue weighted by atomic mass is 10.1. The third-order valence-electron chi connectivity index (χ3n) is 2.62. The molecule has 2 aromatic rings.